The Balaban J connectivity index is 0. The number of aromatic nitrogens is 4. The largest absolute Gasteiger partial charge is 0.273 e. The maximum Gasteiger partial charge on any atom is 0.0520 e. The van der Waals surface area contributed by atoms with E-state index >= 15 is 0 Å². The van der Waals surface area contributed by atoms with Crippen LogP contribution in [0.25, 0.3) is 0 Å². The van der Waals surface area contributed by atoms with Crippen LogP contribution in [0.1, 0.15) is 78.5 Å². The number of hydrogen-bond acceptors (Lipinski definition) is 2. The molecular formula is C19H38N4. The van der Waals surface area contributed by atoms with Crippen LogP contribution in [0.3, 0.4) is 0 Å². The molecule has 2 heterocycles. The standard InChI is InChI=1S/C7H10N2.C6H10N2.3C2H6/c1-6-4-8-9(5-6)7-2-3-7;1-3-8-5-6(2)4-7-8;3*1-2/h4-5,7H,2-3H2,1H3;4-5H,3H2,1-2H3;3*1-2H3. The van der Waals surface area contributed by atoms with Crippen molar-refractivity contribution in [3.05, 3.63) is 35.9 Å². The predicted octanol–water partition coefficient (Wildman–Crippen LogP) is 5.82. The Hall–Kier alpha value is -1.58. The van der Waals surface area contributed by atoms with Crippen molar-refractivity contribution in [2.24, 2.45) is 0 Å². The summed E-state index contributed by atoms with van der Waals surface area (Å²) < 4.78 is 3.98. The Bertz CT molecular complexity index is 467. The van der Waals surface area contributed by atoms with E-state index in [0.29, 0.717) is 0 Å². The zero-order valence-electron chi connectivity index (χ0n) is 16.8. The van der Waals surface area contributed by atoms with E-state index in [1.54, 1.807) is 0 Å². The normalized spacial score (nSPS) is 11.3. The molecule has 1 aliphatic rings. The van der Waals surface area contributed by atoms with E-state index in [1.165, 1.54) is 24.0 Å². The fraction of sp³-hybridized carbons (Fsp3) is 0.684. The second-order valence-electron chi connectivity index (χ2n) is 4.60. The molecular weight excluding hydrogens is 284 g/mol. The van der Waals surface area contributed by atoms with Gasteiger partial charge in [-0.05, 0) is 44.7 Å². The van der Waals surface area contributed by atoms with Gasteiger partial charge in [0.15, 0.2) is 0 Å². The van der Waals surface area contributed by atoms with Gasteiger partial charge in [-0.25, -0.2) is 0 Å². The van der Waals surface area contributed by atoms with Crippen LogP contribution in [-0.4, -0.2) is 19.6 Å². The van der Waals surface area contributed by atoms with Gasteiger partial charge in [0.2, 0.25) is 0 Å². The van der Waals surface area contributed by atoms with Crippen molar-refractivity contribution in [2.75, 3.05) is 0 Å². The summed E-state index contributed by atoms with van der Waals surface area (Å²) >= 11 is 0. The molecule has 0 atom stereocenters. The predicted molar refractivity (Wildman–Crippen MR) is 102 cm³/mol. The molecule has 1 saturated carbocycles. The summed E-state index contributed by atoms with van der Waals surface area (Å²) in [6.45, 7) is 19.2. The van der Waals surface area contributed by atoms with E-state index < -0.39 is 0 Å². The molecule has 0 spiro atoms. The van der Waals surface area contributed by atoms with Crippen LogP contribution in [0.15, 0.2) is 24.8 Å². The minimum Gasteiger partial charge on any atom is -0.273 e. The van der Waals surface area contributed by atoms with Gasteiger partial charge < -0.3 is 0 Å². The molecule has 0 bridgehead atoms. The molecule has 4 heteroatoms. The summed E-state index contributed by atoms with van der Waals surface area (Å²) in [7, 11) is 0. The highest BCUT2D eigenvalue weighted by molar-refractivity contribution is 5.02. The SMILES string of the molecule is CC.CC.CC.CCn1cc(C)cn1.Cc1cnn(C2CC2)c1. The summed E-state index contributed by atoms with van der Waals surface area (Å²) in [5, 5.41) is 8.25. The Kier molecular flexibility index (Phi) is 15.8. The zero-order chi connectivity index (χ0) is 18.3. The lowest BCUT2D eigenvalue weighted by Gasteiger charge is -1.91. The third-order valence-electron chi connectivity index (χ3n) is 2.74. The van der Waals surface area contributed by atoms with Crippen LogP contribution < -0.4 is 0 Å². The van der Waals surface area contributed by atoms with Crippen molar-refractivity contribution in [1.29, 1.82) is 0 Å². The van der Waals surface area contributed by atoms with Crippen molar-refractivity contribution in [2.45, 2.75) is 87.7 Å². The van der Waals surface area contributed by atoms with Crippen LogP contribution >= 0.6 is 0 Å². The maximum absolute atomic E-state index is 4.19. The quantitative estimate of drug-likeness (QED) is 0.698. The van der Waals surface area contributed by atoms with Crippen LogP contribution in [0.5, 0.6) is 0 Å². The number of nitrogens with zero attached hydrogens (tertiary/aromatic N) is 4. The van der Waals surface area contributed by atoms with Crippen molar-refractivity contribution in [3.63, 3.8) is 0 Å². The zero-order valence-corrected chi connectivity index (χ0v) is 16.8. The first-order valence-corrected chi connectivity index (χ1v) is 9.19. The van der Waals surface area contributed by atoms with E-state index in [1.807, 2.05) is 71.7 Å². The lowest BCUT2D eigenvalue weighted by molar-refractivity contribution is 0.641. The molecule has 0 saturated heterocycles. The van der Waals surface area contributed by atoms with Crippen molar-refractivity contribution < 1.29 is 0 Å². The molecule has 2 aromatic heterocycles. The van der Waals surface area contributed by atoms with E-state index in [0.717, 1.165) is 12.6 Å². The van der Waals surface area contributed by atoms with E-state index in [9.17, 15) is 0 Å². The number of hydrogen-bond donors (Lipinski definition) is 0. The van der Waals surface area contributed by atoms with E-state index in [-0.39, 0.29) is 0 Å². The first kappa shape index (κ1) is 23.7. The average molecular weight is 323 g/mol. The first-order valence-electron chi connectivity index (χ1n) is 9.19. The lowest BCUT2D eigenvalue weighted by atomic mass is 10.4. The van der Waals surface area contributed by atoms with Gasteiger partial charge in [0.25, 0.3) is 0 Å². The Morgan fingerprint density at radius 2 is 1.35 bits per heavy atom. The molecule has 0 aromatic carbocycles. The van der Waals surface area contributed by atoms with Crippen molar-refractivity contribution in [3.8, 4) is 0 Å². The third kappa shape index (κ3) is 10.7. The molecule has 1 fully saturated rings. The topological polar surface area (TPSA) is 35.6 Å². The Morgan fingerprint density at radius 1 is 0.870 bits per heavy atom. The molecule has 23 heavy (non-hydrogen) atoms. The highest BCUT2D eigenvalue weighted by Gasteiger charge is 2.23. The average Bonchev–Trinajstić information content (AvgIpc) is 3.25. The molecule has 4 nitrogen and oxygen atoms in total. The molecule has 0 N–H and O–H groups in total. The number of aryl methyl sites for hydroxylation is 3. The number of rotatable bonds is 2. The summed E-state index contributed by atoms with van der Waals surface area (Å²) in [6, 6.07) is 0.735. The highest BCUT2D eigenvalue weighted by Crippen LogP contribution is 2.33. The van der Waals surface area contributed by atoms with Gasteiger partial charge in [-0.2, -0.15) is 10.2 Å². The Morgan fingerprint density at radius 3 is 1.61 bits per heavy atom. The fourth-order valence-corrected chi connectivity index (χ4v) is 1.61. The molecule has 1 aliphatic carbocycles. The van der Waals surface area contributed by atoms with Gasteiger partial charge in [-0.3, -0.25) is 9.36 Å². The highest BCUT2D eigenvalue weighted by atomic mass is 15.3. The van der Waals surface area contributed by atoms with Gasteiger partial charge in [0.1, 0.15) is 0 Å². The molecule has 3 rings (SSSR count). The summed E-state index contributed by atoms with van der Waals surface area (Å²) in [4.78, 5) is 0. The molecule has 0 unspecified atom stereocenters. The second kappa shape index (κ2) is 15.3. The second-order valence-corrected chi connectivity index (χ2v) is 4.60. The van der Waals surface area contributed by atoms with Crippen molar-refractivity contribution in [1.82, 2.24) is 19.6 Å². The molecule has 0 radical (unpaired) electrons. The van der Waals surface area contributed by atoms with E-state index in [2.05, 4.69) is 34.9 Å². The summed E-state index contributed by atoms with van der Waals surface area (Å²) in [5.74, 6) is 0. The van der Waals surface area contributed by atoms with Crippen LogP contribution in [-0.2, 0) is 6.54 Å². The van der Waals surface area contributed by atoms with Crippen LogP contribution in [0.2, 0.25) is 0 Å². The minimum absolute atomic E-state index is 0.735. The van der Waals surface area contributed by atoms with Crippen LogP contribution in [0.4, 0.5) is 0 Å². The van der Waals surface area contributed by atoms with Crippen molar-refractivity contribution >= 4 is 0 Å². The molecule has 134 valence electrons. The van der Waals surface area contributed by atoms with Gasteiger partial charge in [0, 0.05) is 18.9 Å². The van der Waals surface area contributed by atoms with E-state index in [4.69, 9.17) is 0 Å². The van der Waals surface area contributed by atoms with Crippen LogP contribution in [0, 0.1) is 13.8 Å². The van der Waals surface area contributed by atoms with Gasteiger partial charge in [-0.1, -0.05) is 41.5 Å². The molecule has 2 aromatic rings. The summed E-state index contributed by atoms with van der Waals surface area (Å²) in [5.41, 5.74) is 2.49. The summed E-state index contributed by atoms with van der Waals surface area (Å²) in [6.07, 6.45) is 10.6. The third-order valence-corrected chi connectivity index (χ3v) is 2.74. The monoisotopic (exact) mass is 322 g/mol. The maximum atomic E-state index is 4.19. The first-order chi connectivity index (χ1) is 11.2. The molecule has 0 amide bonds. The lowest BCUT2D eigenvalue weighted by Crippen LogP contribution is -1.91. The minimum atomic E-state index is 0.735. The van der Waals surface area contributed by atoms with Gasteiger partial charge >= 0.3 is 0 Å². The van der Waals surface area contributed by atoms with Gasteiger partial charge in [-0.15, -0.1) is 0 Å². The fourth-order valence-electron chi connectivity index (χ4n) is 1.61. The van der Waals surface area contributed by atoms with Gasteiger partial charge in [0.05, 0.1) is 18.4 Å². The Labute approximate surface area is 143 Å². The smallest absolute Gasteiger partial charge is 0.0520 e. The molecule has 0 aliphatic heterocycles.